The average molecular weight is 396 g/mol. The molecule has 146 valence electrons. The van der Waals surface area contributed by atoms with Gasteiger partial charge in [0.1, 0.15) is 10.8 Å². The molecule has 4 rings (SSSR count). The van der Waals surface area contributed by atoms with E-state index in [0.717, 1.165) is 58.1 Å². The minimum atomic E-state index is 0.172. The van der Waals surface area contributed by atoms with Crippen molar-refractivity contribution >= 4 is 33.0 Å². The Bertz CT molecular complexity index is 991. The number of carbonyl (C=O) groups is 1. The summed E-state index contributed by atoms with van der Waals surface area (Å²) in [5.74, 6) is 0.488. The highest BCUT2D eigenvalue weighted by atomic mass is 32.1. The Morgan fingerprint density at radius 2 is 1.96 bits per heavy atom. The molecule has 0 unspecified atom stereocenters. The standard InChI is InChI=1S/C21H25N5OS/c1-25(2)21-24-23-20(28-21)15-4-5-16-13-22-18(11-17(16)10-15)12-19(27)14-6-8-26(3)9-7-14/h4-5,10-11,13-14H,6-9,12H2,1-3H3. The zero-order valence-electron chi connectivity index (χ0n) is 16.6. The van der Waals surface area contributed by atoms with E-state index in [1.54, 1.807) is 11.3 Å². The summed E-state index contributed by atoms with van der Waals surface area (Å²) in [7, 11) is 6.04. The molecule has 0 bridgehead atoms. The van der Waals surface area contributed by atoms with Crippen molar-refractivity contribution < 1.29 is 4.79 Å². The van der Waals surface area contributed by atoms with Crippen LogP contribution < -0.4 is 4.90 Å². The quantitative estimate of drug-likeness (QED) is 0.661. The van der Waals surface area contributed by atoms with Gasteiger partial charge in [-0.2, -0.15) is 0 Å². The summed E-state index contributed by atoms with van der Waals surface area (Å²) >= 11 is 1.57. The third-order valence-corrected chi connectivity index (χ3v) is 6.49. The van der Waals surface area contributed by atoms with Crippen LogP contribution in [0.3, 0.4) is 0 Å². The Kier molecular flexibility index (Phi) is 5.37. The van der Waals surface area contributed by atoms with Crippen molar-refractivity contribution in [2.45, 2.75) is 19.3 Å². The molecule has 7 heteroatoms. The van der Waals surface area contributed by atoms with Crippen molar-refractivity contribution in [3.63, 3.8) is 0 Å². The van der Waals surface area contributed by atoms with Crippen LogP contribution >= 0.6 is 11.3 Å². The molecule has 0 saturated carbocycles. The van der Waals surface area contributed by atoms with E-state index in [1.807, 2.05) is 37.3 Å². The number of anilines is 1. The zero-order valence-corrected chi connectivity index (χ0v) is 17.4. The lowest BCUT2D eigenvalue weighted by atomic mass is 9.90. The summed E-state index contributed by atoms with van der Waals surface area (Å²) in [6.07, 6.45) is 4.19. The van der Waals surface area contributed by atoms with Gasteiger partial charge in [-0.1, -0.05) is 23.5 Å². The highest BCUT2D eigenvalue weighted by molar-refractivity contribution is 7.18. The minimum Gasteiger partial charge on any atom is -0.353 e. The first-order chi connectivity index (χ1) is 13.5. The molecule has 3 heterocycles. The second-order valence-corrected chi connectivity index (χ2v) is 8.70. The van der Waals surface area contributed by atoms with E-state index in [2.05, 4.69) is 39.3 Å². The number of rotatable bonds is 5. The molecule has 28 heavy (non-hydrogen) atoms. The van der Waals surface area contributed by atoms with Crippen molar-refractivity contribution in [3.05, 3.63) is 36.2 Å². The third kappa shape index (κ3) is 4.05. The summed E-state index contributed by atoms with van der Waals surface area (Å²) in [5.41, 5.74) is 1.89. The predicted molar refractivity (Wildman–Crippen MR) is 114 cm³/mol. The van der Waals surface area contributed by atoms with Gasteiger partial charge in [0, 0.05) is 49.3 Å². The number of ketones is 1. The third-order valence-electron chi connectivity index (χ3n) is 5.35. The largest absolute Gasteiger partial charge is 0.353 e. The molecule has 0 amide bonds. The number of hydrogen-bond acceptors (Lipinski definition) is 7. The monoisotopic (exact) mass is 395 g/mol. The number of likely N-dealkylation sites (tertiary alicyclic amines) is 1. The Morgan fingerprint density at radius 3 is 2.68 bits per heavy atom. The maximum Gasteiger partial charge on any atom is 0.208 e. The van der Waals surface area contributed by atoms with Gasteiger partial charge >= 0.3 is 0 Å². The molecular weight excluding hydrogens is 370 g/mol. The summed E-state index contributed by atoms with van der Waals surface area (Å²) < 4.78 is 0. The molecule has 6 nitrogen and oxygen atoms in total. The smallest absolute Gasteiger partial charge is 0.208 e. The van der Waals surface area contributed by atoms with Gasteiger partial charge in [-0.15, -0.1) is 10.2 Å². The number of fused-ring (bicyclic) bond motifs is 1. The predicted octanol–water partition coefficient (Wildman–Crippen LogP) is 3.27. The van der Waals surface area contributed by atoms with Gasteiger partial charge in [-0.3, -0.25) is 9.78 Å². The molecule has 1 saturated heterocycles. The summed E-state index contributed by atoms with van der Waals surface area (Å²) in [5, 5.41) is 12.5. The normalized spacial score (nSPS) is 15.8. The number of piperidine rings is 1. The number of hydrogen-bond donors (Lipinski definition) is 0. The lowest BCUT2D eigenvalue weighted by Gasteiger charge is -2.27. The van der Waals surface area contributed by atoms with Gasteiger partial charge in [0.2, 0.25) is 5.13 Å². The fraction of sp³-hybridized carbons (Fsp3) is 0.429. The maximum absolute atomic E-state index is 12.7. The first-order valence-corrected chi connectivity index (χ1v) is 10.4. The average Bonchev–Trinajstić information content (AvgIpc) is 3.18. The number of nitrogens with zero attached hydrogens (tertiary/aromatic N) is 5. The first-order valence-electron chi connectivity index (χ1n) is 9.61. The highest BCUT2D eigenvalue weighted by Gasteiger charge is 2.23. The van der Waals surface area contributed by atoms with Crippen LogP contribution in [0.25, 0.3) is 21.3 Å². The fourth-order valence-corrected chi connectivity index (χ4v) is 4.35. The van der Waals surface area contributed by atoms with E-state index in [0.29, 0.717) is 12.2 Å². The lowest BCUT2D eigenvalue weighted by Crippen LogP contribution is -2.34. The van der Waals surface area contributed by atoms with E-state index < -0.39 is 0 Å². The van der Waals surface area contributed by atoms with E-state index >= 15 is 0 Å². The Balaban J connectivity index is 1.54. The van der Waals surface area contributed by atoms with Crippen molar-refractivity contribution in [2.24, 2.45) is 5.92 Å². The number of pyridine rings is 1. The topological polar surface area (TPSA) is 62.2 Å². The molecule has 1 fully saturated rings. The molecule has 2 aromatic heterocycles. The molecule has 1 aromatic carbocycles. The minimum absolute atomic E-state index is 0.172. The molecule has 3 aromatic rings. The van der Waals surface area contributed by atoms with Crippen LogP contribution in [0, 0.1) is 5.92 Å². The van der Waals surface area contributed by atoms with Crippen LogP contribution in [-0.4, -0.2) is 60.1 Å². The second kappa shape index (κ2) is 7.93. The molecule has 0 atom stereocenters. The van der Waals surface area contributed by atoms with Crippen LogP contribution in [0.15, 0.2) is 30.5 Å². The maximum atomic E-state index is 12.7. The van der Waals surface area contributed by atoms with E-state index in [4.69, 9.17) is 0 Å². The first kappa shape index (κ1) is 19.0. The van der Waals surface area contributed by atoms with Crippen LogP contribution in [-0.2, 0) is 11.2 Å². The van der Waals surface area contributed by atoms with Gasteiger partial charge < -0.3 is 9.80 Å². The van der Waals surface area contributed by atoms with Crippen molar-refractivity contribution in [1.29, 1.82) is 0 Å². The summed E-state index contributed by atoms with van der Waals surface area (Å²) in [6, 6.07) is 8.25. The van der Waals surface area contributed by atoms with E-state index in [9.17, 15) is 4.79 Å². The van der Waals surface area contributed by atoms with E-state index in [1.165, 1.54) is 0 Å². The molecular formula is C21H25N5OS. The second-order valence-electron chi connectivity index (χ2n) is 7.74. The van der Waals surface area contributed by atoms with Gasteiger partial charge in [-0.05, 0) is 50.5 Å². The summed E-state index contributed by atoms with van der Waals surface area (Å²) in [4.78, 5) is 21.5. The van der Waals surface area contributed by atoms with Crippen LogP contribution in [0.1, 0.15) is 18.5 Å². The summed E-state index contributed by atoms with van der Waals surface area (Å²) in [6.45, 7) is 2.00. The molecule has 0 N–H and O–H groups in total. The Morgan fingerprint density at radius 1 is 1.18 bits per heavy atom. The SMILES string of the molecule is CN1CCC(C(=O)Cc2cc3cc(-c4nnc(N(C)C)s4)ccc3cn2)CC1. The van der Waals surface area contributed by atoms with Gasteiger partial charge in [0.15, 0.2) is 0 Å². The van der Waals surface area contributed by atoms with Crippen LogP contribution in [0.2, 0.25) is 0 Å². The Hall–Kier alpha value is -2.38. The molecule has 0 spiro atoms. The molecule has 1 aliphatic rings. The van der Waals surface area contributed by atoms with Crippen LogP contribution in [0.4, 0.5) is 5.13 Å². The van der Waals surface area contributed by atoms with Gasteiger partial charge in [-0.25, -0.2) is 0 Å². The van der Waals surface area contributed by atoms with Crippen LogP contribution in [0.5, 0.6) is 0 Å². The molecule has 0 radical (unpaired) electrons. The lowest BCUT2D eigenvalue weighted by molar-refractivity contribution is -0.123. The van der Waals surface area contributed by atoms with E-state index in [-0.39, 0.29) is 5.92 Å². The number of benzene rings is 1. The zero-order chi connectivity index (χ0) is 19.7. The van der Waals surface area contributed by atoms with Crippen molar-refractivity contribution in [2.75, 3.05) is 39.1 Å². The van der Waals surface area contributed by atoms with Crippen molar-refractivity contribution in [1.82, 2.24) is 20.1 Å². The Labute approximate surface area is 169 Å². The highest BCUT2D eigenvalue weighted by Crippen LogP contribution is 2.30. The fourth-order valence-electron chi connectivity index (χ4n) is 3.58. The molecule has 0 aliphatic carbocycles. The van der Waals surface area contributed by atoms with Gasteiger partial charge in [0.05, 0.1) is 0 Å². The molecule has 1 aliphatic heterocycles. The number of aromatic nitrogens is 3. The number of carbonyl (C=O) groups excluding carboxylic acids is 1. The van der Waals surface area contributed by atoms with Crippen molar-refractivity contribution in [3.8, 4) is 10.6 Å². The number of Topliss-reactive ketones (excluding diaryl/α,β-unsaturated/α-hetero) is 1. The van der Waals surface area contributed by atoms with Gasteiger partial charge in [0.25, 0.3) is 0 Å².